The topological polar surface area (TPSA) is 70.1 Å². The van der Waals surface area contributed by atoms with Crippen molar-refractivity contribution in [1.82, 2.24) is 24.8 Å². The summed E-state index contributed by atoms with van der Waals surface area (Å²) in [4.78, 5) is 23.1. The Morgan fingerprint density at radius 1 is 0.781 bits per heavy atom. The molecule has 0 bridgehead atoms. The number of piperazine rings is 1. The highest BCUT2D eigenvalue weighted by molar-refractivity contribution is 5.90. The lowest BCUT2D eigenvalue weighted by Crippen LogP contribution is -2.47. The fourth-order valence-electron chi connectivity index (χ4n) is 4.06. The largest absolute Gasteiger partial charge is 0.369 e. The number of benzene rings is 2. The Balaban J connectivity index is 1.18. The van der Waals surface area contributed by atoms with Gasteiger partial charge in [0.1, 0.15) is 5.82 Å². The van der Waals surface area contributed by atoms with E-state index in [1.54, 1.807) is 12.4 Å². The lowest BCUT2D eigenvalue weighted by Gasteiger charge is -2.34. The van der Waals surface area contributed by atoms with Crippen molar-refractivity contribution < 1.29 is 0 Å². The summed E-state index contributed by atoms with van der Waals surface area (Å²) in [5, 5.41) is 4.62. The highest BCUT2D eigenvalue weighted by Gasteiger charge is 2.18. The summed E-state index contributed by atoms with van der Waals surface area (Å²) in [5.74, 6) is 2.49. The van der Waals surface area contributed by atoms with Crippen molar-refractivity contribution in [3.8, 4) is 11.4 Å². The third-order valence-corrected chi connectivity index (χ3v) is 5.79. The molecule has 7 heteroatoms. The number of anilines is 2. The Morgan fingerprint density at radius 3 is 2.34 bits per heavy atom. The van der Waals surface area contributed by atoms with Gasteiger partial charge in [0.15, 0.2) is 5.82 Å². The van der Waals surface area contributed by atoms with E-state index in [2.05, 4.69) is 31.2 Å². The minimum Gasteiger partial charge on any atom is -0.369 e. The van der Waals surface area contributed by atoms with Crippen LogP contribution in [-0.2, 0) is 0 Å². The van der Waals surface area contributed by atoms with Crippen molar-refractivity contribution >= 4 is 22.7 Å². The van der Waals surface area contributed by atoms with E-state index in [1.165, 1.54) is 0 Å². The van der Waals surface area contributed by atoms with Gasteiger partial charge in [0.05, 0.1) is 5.52 Å². The highest BCUT2D eigenvalue weighted by Crippen LogP contribution is 2.24. The Hall–Kier alpha value is -3.58. The van der Waals surface area contributed by atoms with Crippen LogP contribution < -0.4 is 10.2 Å². The molecule has 0 radical (unpaired) electrons. The van der Waals surface area contributed by atoms with Gasteiger partial charge in [-0.3, -0.25) is 4.90 Å². The summed E-state index contributed by atoms with van der Waals surface area (Å²) >= 11 is 0. The summed E-state index contributed by atoms with van der Waals surface area (Å²) < 4.78 is 0. The van der Waals surface area contributed by atoms with Crippen LogP contribution in [0.25, 0.3) is 22.3 Å². The summed E-state index contributed by atoms with van der Waals surface area (Å²) in [6, 6.07) is 20.2. The molecule has 1 aliphatic heterocycles. The number of hydrogen-bond acceptors (Lipinski definition) is 7. The molecule has 1 aliphatic rings. The molecule has 2 aromatic carbocycles. The lowest BCUT2D eigenvalue weighted by atomic mass is 10.2. The molecule has 5 rings (SSSR count). The quantitative estimate of drug-likeness (QED) is 0.453. The minimum atomic E-state index is 0.756. The van der Waals surface area contributed by atoms with Crippen molar-refractivity contribution in [1.29, 1.82) is 0 Å². The second-order valence-electron chi connectivity index (χ2n) is 7.94. The van der Waals surface area contributed by atoms with Gasteiger partial charge in [0, 0.05) is 56.1 Å². The first-order valence-electron chi connectivity index (χ1n) is 11.2. The second-order valence-corrected chi connectivity index (χ2v) is 7.94. The predicted octanol–water partition coefficient (Wildman–Crippen LogP) is 3.71. The smallest absolute Gasteiger partial charge is 0.225 e. The van der Waals surface area contributed by atoms with Gasteiger partial charge in [-0.1, -0.05) is 42.5 Å². The van der Waals surface area contributed by atoms with Gasteiger partial charge in [0.2, 0.25) is 5.95 Å². The predicted molar refractivity (Wildman–Crippen MR) is 129 cm³/mol. The van der Waals surface area contributed by atoms with Crippen LogP contribution >= 0.6 is 0 Å². The van der Waals surface area contributed by atoms with Crippen LogP contribution in [0.1, 0.15) is 6.42 Å². The van der Waals surface area contributed by atoms with E-state index >= 15 is 0 Å². The van der Waals surface area contributed by atoms with Gasteiger partial charge < -0.3 is 10.2 Å². The molecule has 1 fully saturated rings. The third-order valence-electron chi connectivity index (χ3n) is 5.79. The first-order valence-corrected chi connectivity index (χ1v) is 11.2. The van der Waals surface area contributed by atoms with E-state index in [-0.39, 0.29) is 0 Å². The summed E-state index contributed by atoms with van der Waals surface area (Å²) in [6.45, 7) is 5.94. The second kappa shape index (κ2) is 9.70. The molecule has 1 N–H and O–H groups in total. The molecule has 0 unspecified atom stereocenters. The highest BCUT2D eigenvalue weighted by atomic mass is 15.3. The third kappa shape index (κ3) is 4.68. The minimum absolute atomic E-state index is 0.756. The number of hydrogen-bond donors (Lipinski definition) is 1. The summed E-state index contributed by atoms with van der Waals surface area (Å²) in [6.07, 6.45) is 4.67. The Morgan fingerprint density at radius 2 is 1.53 bits per heavy atom. The fourth-order valence-corrected chi connectivity index (χ4v) is 4.06. The molecule has 1 saturated heterocycles. The van der Waals surface area contributed by atoms with Gasteiger partial charge in [-0.25, -0.2) is 19.9 Å². The molecular formula is C25H27N7. The molecule has 0 aliphatic carbocycles. The van der Waals surface area contributed by atoms with Gasteiger partial charge in [-0.05, 0) is 31.2 Å². The maximum Gasteiger partial charge on any atom is 0.225 e. The Kier molecular flexibility index (Phi) is 6.16. The maximum absolute atomic E-state index is 4.84. The lowest BCUT2D eigenvalue weighted by molar-refractivity contribution is 0.256. The number of nitrogens with zero attached hydrogens (tertiary/aromatic N) is 6. The number of para-hydroxylation sites is 1. The Bertz CT molecular complexity index is 1140. The number of aromatic nitrogens is 4. The number of nitrogens with one attached hydrogen (secondary N) is 1. The van der Waals surface area contributed by atoms with Gasteiger partial charge >= 0.3 is 0 Å². The average molecular weight is 426 g/mol. The van der Waals surface area contributed by atoms with Crippen molar-refractivity contribution in [2.45, 2.75) is 6.42 Å². The molecule has 7 nitrogen and oxygen atoms in total. The van der Waals surface area contributed by atoms with Crippen molar-refractivity contribution in [3.63, 3.8) is 0 Å². The number of rotatable bonds is 7. The van der Waals surface area contributed by atoms with Crippen molar-refractivity contribution in [3.05, 3.63) is 73.1 Å². The normalized spacial score (nSPS) is 14.6. The van der Waals surface area contributed by atoms with Crippen LogP contribution in [0.2, 0.25) is 0 Å². The first kappa shape index (κ1) is 20.3. The van der Waals surface area contributed by atoms with E-state index in [9.17, 15) is 0 Å². The van der Waals surface area contributed by atoms with E-state index in [0.717, 1.165) is 79.7 Å². The molecule has 4 aromatic rings. The van der Waals surface area contributed by atoms with Crippen LogP contribution in [0.4, 0.5) is 11.8 Å². The standard InChI is InChI=1S/C25H27N7/c1-2-8-20(9-3-1)23-29-22-11-5-4-10-21(22)24(30-23)26-14-7-15-31-16-18-32(19-17-31)25-27-12-6-13-28-25/h1-6,8-13H,7,14-19H2,(H,26,29,30). The zero-order valence-corrected chi connectivity index (χ0v) is 18.1. The average Bonchev–Trinajstić information content (AvgIpc) is 2.88. The number of fused-ring (bicyclic) bond motifs is 1. The monoisotopic (exact) mass is 425 g/mol. The van der Waals surface area contributed by atoms with E-state index in [0.29, 0.717) is 0 Å². The fraction of sp³-hybridized carbons (Fsp3) is 0.280. The molecule has 162 valence electrons. The first-order chi connectivity index (χ1) is 15.9. The van der Waals surface area contributed by atoms with Crippen LogP contribution in [0.5, 0.6) is 0 Å². The van der Waals surface area contributed by atoms with E-state index in [4.69, 9.17) is 9.97 Å². The molecule has 2 aromatic heterocycles. The summed E-state index contributed by atoms with van der Waals surface area (Å²) in [5.41, 5.74) is 1.99. The molecule has 32 heavy (non-hydrogen) atoms. The van der Waals surface area contributed by atoms with Crippen molar-refractivity contribution in [2.24, 2.45) is 0 Å². The molecule has 3 heterocycles. The molecule has 0 saturated carbocycles. The van der Waals surface area contributed by atoms with Gasteiger partial charge in [-0.2, -0.15) is 0 Å². The van der Waals surface area contributed by atoms with Crippen LogP contribution in [0.3, 0.4) is 0 Å². The zero-order chi connectivity index (χ0) is 21.6. The summed E-state index contributed by atoms with van der Waals surface area (Å²) in [7, 11) is 0. The molecule has 0 spiro atoms. The van der Waals surface area contributed by atoms with Crippen LogP contribution in [0, 0.1) is 0 Å². The molecule has 0 amide bonds. The van der Waals surface area contributed by atoms with E-state index < -0.39 is 0 Å². The maximum atomic E-state index is 4.84. The van der Waals surface area contributed by atoms with Crippen LogP contribution in [0.15, 0.2) is 73.1 Å². The Labute approximate surface area is 188 Å². The van der Waals surface area contributed by atoms with E-state index in [1.807, 2.05) is 54.6 Å². The SMILES string of the molecule is c1ccc(-c2nc(NCCCN3CCN(c4ncccn4)CC3)c3ccccc3n2)cc1. The van der Waals surface area contributed by atoms with Gasteiger partial charge in [0.25, 0.3) is 0 Å². The van der Waals surface area contributed by atoms with Crippen molar-refractivity contribution in [2.75, 3.05) is 49.5 Å². The molecule has 0 atom stereocenters. The molecular weight excluding hydrogens is 398 g/mol. The van der Waals surface area contributed by atoms with Crippen LogP contribution in [-0.4, -0.2) is 64.1 Å². The zero-order valence-electron chi connectivity index (χ0n) is 18.1. The van der Waals surface area contributed by atoms with Gasteiger partial charge in [-0.15, -0.1) is 0 Å².